The minimum absolute atomic E-state index is 0.179. The SMILES string of the molecule is O=c1cc(N2CCOCC2)c(-c2ccccc2)n[nH]1. The van der Waals surface area contributed by atoms with Gasteiger partial charge in [-0.3, -0.25) is 4.79 Å². The molecule has 2 heterocycles. The van der Waals surface area contributed by atoms with Crippen molar-refractivity contribution in [2.75, 3.05) is 31.2 Å². The summed E-state index contributed by atoms with van der Waals surface area (Å²) >= 11 is 0. The normalized spacial score (nSPS) is 15.5. The smallest absolute Gasteiger partial charge is 0.266 e. The maximum atomic E-state index is 11.5. The fraction of sp³-hybridized carbons (Fsp3) is 0.286. The number of morpholine rings is 1. The van der Waals surface area contributed by atoms with E-state index < -0.39 is 0 Å². The topological polar surface area (TPSA) is 58.2 Å². The Hall–Kier alpha value is -2.14. The molecule has 98 valence electrons. The zero-order valence-electron chi connectivity index (χ0n) is 10.5. The summed E-state index contributed by atoms with van der Waals surface area (Å²) in [7, 11) is 0. The van der Waals surface area contributed by atoms with Gasteiger partial charge in [-0.25, -0.2) is 5.10 Å². The Balaban J connectivity index is 2.06. The summed E-state index contributed by atoms with van der Waals surface area (Å²) in [5, 5.41) is 6.72. The van der Waals surface area contributed by atoms with Crippen LogP contribution in [0.5, 0.6) is 0 Å². The molecule has 2 aromatic rings. The van der Waals surface area contributed by atoms with Gasteiger partial charge in [0.1, 0.15) is 5.69 Å². The maximum absolute atomic E-state index is 11.5. The van der Waals surface area contributed by atoms with Gasteiger partial charge in [0.2, 0.25) is 0 Å². The first-order valence-corrected chi connectivity index (χ1v) is 6.32. The molecule has 0 amide bonds. The Morgan fingerprint density at radius 3 is 2.63 bits per heavy atom. The van der Waals surface area contributed by atoms with E-state index >= 15 is 0 Å². The maximum Gasteiger partial charge on any atom is 0.266 e. The summed E-state index contributed by atoms with van der Waals surface area (Å²) in [6.45, 7) is 2.93. The van der Waals surface area contributed by atoms with E-state index in [4.69, 9.17) is 4.74 Å². The van der Waals surface area contributed by atoms with Gasteiger partial charge in [-0.1, -0.05) is 30.3 Å². The highest BCUT2D eigenvalue weighted by Gasteiger charge is 2.17. The second-order valence-corrected chi connectivity index (χ2v) is 4.43. The van der Waals surface area contributed by atoms with Gasteiger partial charge < -0.3 is 9.64 Å². The van der Waals surface area contributed by atoms with E-state index in [0.717, 1.165) is 30.0 Å². The van der Waals surface area contributed by atoms with E-state index in [1.807, 2.05) is 30.3 Å². The number of anilines is 1. The molecule has 0 spiro atoms. The van der Waals surface area contributed by atoms with Crippen LogP contribution in [0.4, 0.5) is 5.69 Å². The van der Waals surface area contributed by atoms with Crippen LogP contribution in [0.3, 0.4) is 0 Å². The number of aromatic nitrogens is 2. The molecule has 1 saturated heterocycles. The Labute approximate surface area is 110 Å². The molecule has 1 aromatic heterocycles. The predicted octanol–water partition coefficient (Wildman–Crippen LogP) is 1.27. The molecule has 0 atom stereocenters. The van der Waals surface area contributed by atoms with E-state index in [0.29, 0.717) is 13.2 Å². The van der Waals surface area contributed by atoms with Gasteiger partial charge in [0.25, 0.3) is 5.56 Å². The van der Waals surface area contributed by atoms with Crippen LogP contribution in [-0.4, -0.2) is 36.5 Å². The van der Waals surface area contributed by atoms with Gasteiger partial charge in [-0.05, 0) is 0 Å². The molecular weight excluding hydrogens is 242 g/mol. The van der Waals surface area contributed by atoms with Crippen molar-refractivity contribution < 1.29 is 4.74 Å². The van der Waals surface area contributed by atoms with Crippen molar-refractivity contribution in [1.82, 2.24) is 10.2 Å². The largest absolute Gasteiger partial charge is 0.378 e. The lowest BCUT2D eigenvalue weighted by atomic mass is 10.1. The molecule has 0 aliphatic carbocycles. The van der Waals surface area contributed by atoms with Crippen LogP contribution in [0.1, 0.15) is 0 Å². The number of hydrogen-bond donors (Lipinski definition) is 1. The Kier molecular flexibility index (Phi) is 3.29. The molecule has 19 heavy (non-hydrogen) atoms. The highest BCUT2D eigenvalue weighted by molar-refractivity contribution is 5.74. The van der Waals surface area contributed by atoms with Crippen molar-refractivity contribution in [2.24, 2.45) is 0 Å². The van der Waals surface area contributed by atoms with Crippen LogP contribution in [0, 0.1) is 0 Å². The lowest BCUT2D eigenvalue weighted by Crippen LogP contribution is -2.37. The molecular formula is C14H15N3O2. The zero-order valence-corrected chi connectivity index (χ0v) is 10.5. The zero-order chi connectivity index (χ0) is 13.1. The second kappa shape index (κ2) is 5.24. The van der Waals surface area contributed by atoms with Crippen LogP contribution in [0.2, 0.25) is 0 Å². The number of ether oxygens (including phenoxy) is 1. The third kappa shape index (κ3) is 2.51. The van der Waals surface area contributed by atoms with Gasteiger partial charge in [-0.15, -0.1) is 0 Å². The molecule has 1 fully saturated rings. The summed E-state index contributed by atoms with van der Waals surface area (Å²) in [6, 6.07) is 11.5. The number of nitrogens with zero attached hydrogens (tertiary/aromatic N) is 2. The van der Waals surface area contributed by atoms with Crippen molar-refractivity contribution in [2.45, 2.75) is 0 Å². The molecule has 0 saturated carbocycles. The van der Waals surface area contributed by atoms with E-state index in [2.05, 4.69) is 15.1 Å². The quantitative estimate of drug-likeness (QED) is 0.880. The number of hydrogen-bond acceptors (Lipinski definition) is 4. The standard InChI is InChI=1S/C14H15N3O2/c18-13-10-12(17-6-8-19-9-7-17)14(16-15-13)11-4-2-1-3-5-11/h1-5,10H,6-9H2,(H,15,18). The van der Waals surface area contributed by atoms with Crippen molar-refractivity contribution in [1.29, 1.82) is 0 Å². The third-order valence-corrected chi connectivity index (χ3v) is 3.19. The van der Waals surface area contributed by atoms with Gasteiger partial charge in [0, 0.05) is 24.7 Å². The molecule has 0 radical (unpaired) electrons. The first-order valence-electron chi connectivity index (χ1n) is 6.32. The summed E-state index contributed by atoms with van der Waals surface area (Å²) < 4.78 is 5.35. The molecule has 1 aromatic carbocycles. The van der Waals surface area contributed by atoms with E-state index in [1.165, 1.54) is 0 Å². The summed E-state index contributed by atoms with van der Waals surface area (Å²) in [5.74, 6) is 0. The Bertz CT molecular complexity index is 604. The van der Waals surface area contributed by atoms with Gasteiger partial charge in [-0.2, -0.15) is 5.10 Å². The molecule has 5 nitrogen and oxygen atoms in total. The molecule has 1 aliphatic rings. The highest BCUT2D eigenvalue weighted by atomic mass is 16.5. The molecule has 1 aliphatic heterocycles. The van der Waals surface area contributed by atoms with Crippen LogP contribution < -0.4 is 10.5 Å². The lowest BCUT2D eigenvalue weighted by molar-refractivity contribution is 0.122. The number of aromatic amines is 1. The molecule has 0 unspecified atom stereocenters. The average molecular weight is 257 g/mol. The molecule has 0 bridgehead atoms. The van der Waals surface area contributed by atoms with Gasteiger partial charge in [0.05, 0.1) is 18.9 Å². The fourth-order valence-electron chi connectivity index (χ4n) is 2.25. The lowest BCUT2D eigenvalue weighted by Gasteiger charge is -2.29. The van der Waals surface area contributed by atoms with Crippen LogP contribution >= 0.6 is 0 Å². The fourth-order valence-corrected chi connectivity index (χ4v) is 2.25. The average Bonchev–Trinajstić information content (AvgIpc) is 2.49. The first-order chi connectivity index (χ1) is 9.34. The van der Waals surface area contributed by atoms with Gasteiger partial charge >= 0.3 is 0 Å². The second-order valence-electron chi connectivity index (χ2n) is 4.43. The number of H-pyrrole nitrogens is 1. The van der Waals surface area contributed by atoms with Crippen LogP contribution in [-0.2, 0) is 4.74 Å². The Morgan fingerprint density at radius 2 is 1.89 bits per heavy atom. The minimum atomic E-state index is -0.179. The van der Waals surface area contributed by atoms with Crippen LogP contribution in [0.25, 0.3) is 11.3 Å². The number of benzene rings is 1. The highest BCUT2D eigenvalue weighted by Crippen LogP contribution is 2.27. The van der Waals surface area contributed by atoms with E-state index in [-0.39, 0.29) is 5.56 Å². The van der Waals surface area contributed by atoms with Crippen molar-refractivity contribution in [3.05, 3.63) is 46.8 Å². The minimum Gasteiger partial charge on any atom is -0.378 e. The monoisotopic (exact) mass is 257 g/mol. The van der Waals surface area contributed by atoms with Crippen LogP contribution in [0.15, 0.2) is 41.2 Å². The van der Waals surface area contributed by atoms with E-state index in [1.54, 1.807) is 6.07 Å². The number of rotatable bonds is 2. The summed E-state index contributed by atoms with van der Waals surface area (Å²) in [6.07, 6.45) is 0. The summed E-state index contributed by atoms with van der Waals surface area (Å²) in [5.41, 5.74) is 2.50. The first kappa shape index (κ1) is 11.9. The molecule has 1 N–H and O–H groups in total. The Morgan fingerprint density at radius 1 is 1.16 bits per heavy atom. The predicted molar refractivity (Wildman–Crippen MR) is 73.3 cm³/mol. The molecule has 5 heteroatoms. The van der Waals surface area contributed by atoms with E-state index in [9.17, 15) is 4.79 Å². The third-order valence-electron chi connectivity index (χ3n) is 3.19. The van der Waals surface area contributed by atoms with Crippen molar-refractivity contribution in [3.8, 4) is 11.3 Å². The van der Waals surface area contributed by atoms with Gasteiger partial charge in [0.15, 0.2) is 0 Å². The van der Waals surface area contributed by atoms with Crippen molar-refractivity contribution >= 4 is 5.69 Å². The van der Waals surface area contributed by atoms with Crippen molar-refractivity contribution in [3.63, 3.8) is 0 Å². The summed E-state index contributed by atoms with van der Waals surface area (Å²) in [4.78, 5) is 13.7. The number of nitrogens with one attached hydrogen (secondary N) is 1. The molecule has 3 rings (SSSR count).